The van der Waals surface area contributed by atoms with E-state index in [1.165, 1.54) is 5.56 Å². The lowest BCUT2D eigenvalue weighted by Gasteiger charge is -2.40. The van der Waals surface area contributed by atoms with Crippen LogP contribution in [0.1, 0.15) is 39.7 Å². The van der Waals surface area contributed by atoms with Crippen molar-refractivity contribution >= 4 is 5.97 Å². The molecule has 0 saturated heterocycles. The molecule has 0 fully saturated rings. The molecule has 1 N–H and O–H groups in total. The quantitative estimate of drug-likeness (QED) is 0.857. The molecular formula is C16H25NO2. The molecule has 1 aromatic carbocycles. The maximum atomic E-state index is 10.8. The van der Waals surface area contributed by atoms with Crippen molar-refractivity contribution in [2.24, 2.45) is 0 Å². The Morgan fingerprint density at radius 2 is 1.84 bits per heavy atom. The molecule has 0 radical (unpaired) electrons. The van der Waals surface area contributed by atoms with Crippen molar-refractivity contribution < 1.29 is 9.90 Å². The molecule has 0 heterocycles. The van der Waals surface area contributed by atoms with Crippen LogP contribution in [0.3, 0.4) is 0 Å². The van der Waals surface area contributed by atoms with Gasteiger partial charge in [-0.3, -0.25) is 9.69 Å². The second-order valence-corrected chi connectivity index (χ2v) is 6.05. The second kappa shape index (κ2) is 6.71. The molecule has 19 heavy (non-hydrogen) atoms. The third-order valence-electron chi connectivity index (χ3n) is 3.33. The van der Waals surface area contributed by atoms with Gasteiger partial charge in [-0.25, -0.2) is 0 Å². The molecule has 0 aromatic heterocycles. The number of nitrogens with zero attached hydrogens (tertiary/aromatic N) is 1. The zero-order chi connectivity index (χ0) is 14.5. The van der Waals surface area contributed by atoms with Crippen molar-refractivity contribution in [1.82, 2.24) is 4.90 Å². The van der Waals surface area contributed by atoms with Gasteiger partial charge in [0.05, 0.1) is 6.42 Å². The van der Waals surface area contributed by atoms with Crippen LogP contribution in [0.2, 0.25) is 0 Å². The van der Waals surface area contributed by atoms with E-state index in [2.05, 4.69) is 44.7 Å². The summed E-state index contributed by atoms with van der Waals surface area (Å²) >= 11 is 0. The lowest BCUT2D eigenvalue weighted by atomic mass is 9.98. The van der Waals surface area contributed by atoms with Crippen LogP contribution in [0.5, 0.6) is 0 Å². The first-order valence-electron chi connectivity index (χ1n) is 6.83. The summed E-state index contributed by atoms with van der Waals surface area (Å²) in [6.07, 6.45) is 1.13. The first-order chi connectivity index (χ1) is 8.80. The SMILES string of the molecule is CC(Cc1ccccc1)N(CCC(=O)O)C(C)(C)C. The van der Waals surface area contributed by atoms with Crippen molar-refractivity contribution in [3.8, 4) is 0 Å². The van der Waals surface area contributed by atoms with E-state index in [4.69, 9.17) is 5.11 Å². The van der Waals surface area contributed by atoms with Gasteiger partial charge >= 0.3 is 5.97 Å². The van der Waals surface area contributed by atoms with E-state index in [9.17, 15) is 4.79 Å². The predicted molar refractivity (Wildman–Crippen MR) is 78.3 cm³/mol. The van der Waals surface area contributed by atoms with Crippen molar-refractivity contribution in [2.45, 2.75) is 52.1 Å². The van der Waals surface area contributed by atoms with Gasteiger partial charge in [-0.1, -0.05) is 30.3 Å². The Bertz CT molecular complexity index is 395. The van der Waals surface area contributed by atoms with Gasteiger partial charge in [-0.15, -0.1) is 0 Å². The molecule has 0 aliphatic rings. The average Bonchev–Trinajstić information content (AvgIpc) is 2.28. The third kappa shape index (κ3) is 5.43. The maximum absolute atomic E-state index is 10.8. The van der Waals surface area contributed by atoms with E-state index in [-0.39, 0.29) is 12.0 Å². The smallest absolute Gasteiger partial charge is 0.304 e. The molecule has 3 heteroatoms. The summed E-state index contributed by atoms with van der Waals surface area (Å²) in [6.45, 7) is 9.16. The van der Waals surface area contributed by atoms with E-state index in [1.54, 1.807) is 0 Å². The van der Waals surface area contributed by atoms with Gasteiger partial charge in [0.2, 0.25) is 0 Å². The number of carboxylic acid groups (broad SMARTS) is 1. The minimum atomic E-state index is -0.735. The molecule has 1 aromatic rings. The van der Waals surface area contributed by atoms with Gasteiger partial charge in [-0.05, 0) is 39.7 Å². The van der Waals surface area contributed by atoms with Crippen molar-refractivity contribution in [3.05, 3.63) is 35.9 Å². The summed E-state index contributed by atoms with van der Waals surface area (Å²) in [6, 6.07) is 10.7. The van der Waals surface area contributed by atoms with Crippen molar-refractivity contribution in [1.29, 1.82) is 0 Å². The lowest BCUT2D eigenvalue weighted by molar-refractivity contribution is -0.137. The number of hydrogen-bond donors (Lipinski definition) is 1. The summed E-state index contributed by atoms with van der Waals surface area (Å²) in [5, 5.41) is 8.87. The zero-order valence-corrected chi connectivity index (χ0v) is 12.4. The van der Waals surface area contributed by atoms with E-state index in [1.807, 2.05) is 18.2 Å². The van der Waals surface area contributed by atoms with Crippen LogP contribution in [0.15, 0.2) is 30.3 Å². The fraction of sp³-hybridized carbons (Fsp3) is 0.562. The highest BCUT2D eigenvalue weighted by molar-refractivity contribution is 5.66. The highest BCUT2D eigenvalue weighted by Crippen LogP contribution is 2.20. The van der Waals surface area contributed by atoms with E-state index in [0.717, 1.165) is 6.42 Å². The third-order valence-corrected chi connectivity index (χ3v) is 3.33. The van der Waals surface area contributed by atoms with Gasteiger partial charge in [0.25, 0.3) is 0 Å². The van der Waals surface area contributed by atoms with Gasteiger partial charge in [0.1, 0.15) is 0 Å². The summed E-state index contributed by atoms with van der Waals surface area (Å²) < 4.78 is 0. The van der Waals surface area contributed by atoms with Crippen molar-refractivity contribution in [2.75, 3.05) is 6.54 Å². The Morgan fingerprint density at radius 1 is 1.26 bits per heavy atom. The fourth-order valence-electron chi connectivity index (χ4n) is 2.50. The lowest BCUT2D eigenvalue weighted by Crippen LogP contribution is -2.48. The Labute approximate surface area is 116 Å². The van der Waals surface area contributed by atoms with Crippen LogP contribution in [-0.4, -0.2) is 34.1 Å². The topological polar surface area (TPSA) is 40.5 Å². The number of aliphatic carboxylic acids is 1. The molecule has 0 aliphatic carbocycles. The van der Waals surface area contributed by atoms with Crippen LogP contribution in [0.4, 0.5) is 0 Å². The molecule has 3 nitrogen and oxygen atoms in total. The van der Waals surface area contributed by atoms with Crippen LogP contribution in [-0.2, 0) is 11.2 Å². The molecule has 1 rings (SSSR count). The minimum Gasteiger partial charge on any atom is -0.481 e. The Kier molecular flexibility index (Phi) is 5.55. The second-order valence-electron chi connectivity index (χ2n) is 6.05. The monoisotopic (exact) mass is 263 g/mol. The fourth-order valence-corrected chi connectivity index (χ4v) is 2.50. The minimum absolute atomic E-state index is 0.0242. The molecule has 0 aliphatic heterocycles. The first kappa shape index (κ1) is 15.7. The average molecular weight is 263 g/mol. The van der Waals surface area contributed by atoms with E-state index >= 15 is 0 Å². The molecule has 0 spiro atoms. The first-order valence-corrected chi connectivity index (χ1v) is 6.83. The largest absolute Gasteiger partial charge is 0.481 e. The zero-order valence-electron chi connectivity index (χ0n) is 12.4. The van der Waals surface area contributed by atoms with Crippen LogP contribution in [0.25, 0.3) is 0 Å². The van der Waals surface area contributed by atoms with Crippen LogP contribution >= 0.6 is 0 Å². The van der Waals surface area contributed by atoms with Gasteiger partial charge in [-0.2, -0.15) is 0 Å². The summed E-state index contributed by atoms with van der Waals surface area (Å²) in [4.78, 5) is 13.1. The Hall–Kier alpha value is -1.35. The summed E-state index contributed by atoms with van der Waals surface area (Å²) in [7, 11) is 0. The molecule has 1 atom stereocenters. The summed E-state index contributed by atoms with van der Waals surface area (Å²) in [5.41, 5.74) is 1.27. The van der Waals surface area contributed by atoms with Gasteiger partial charge < -0.3 is 5.11 Å². The van der Waals surface area contributed by atoms with Crippen LogP contribution in [0, 0.1) is 0 Å². The van der Waals surface area contributed by atoms with E-state index in [0.29, 0.717) is 12.6 Å². The van der Waals surface area contributed by atoms with Crippen molar-refractivity contribution in [3.63, 3.8) is 0 Å². The number of benzene rings is 1. The number of carbonyl (C=O) groups is 1. The molecule has 0 bridgehead atoms. The molecular weight excluding hydrogens is 238 g/mol. The number of carboxylic acids is 1. The molecule has 1 unspecified atom stereocenters. The standard InChI is InChI=1S/C16H25NO2/c1-13(12-14-8-6-5-7-9-14)17(16(2,3)4)11-10-15(18)19/h5-9,13H,10-12H2,1-4H3,(H,18,19). The predicted octanol–water partition coefficient (Wildman–Crippen LogP) is 3.19. The maximum Gasteiger partial charge on any atom is 0.304 e. The Balaban J connectivity index is 2.71. The van der Waals surface area contributed by atoms with Crippen LogP contribution < -0.4 is 0 Å². The summed E-state index contributed by atoms with van der Waals surface area (Å²) in [5.74, 6) is -0.735. The Morgan fingerprint density at radius 3 is 2.32 bits per heavy atom. The normalized spacial score (nSPS) is 13.5. The van der Waals surface area contributed by atoms with Gasteiger partial charge in [0, 0.05) is 18.1 Å². The van der Waals surface area contributed by atoms with Gasteiger partial charge in [0.15, 0.2) is 0 Å². The molecule has 0 saturated carbocycles. The molecule has 106 valence electrons. The number of hydrogen-bond acceptors (Lipinski definition) is 2. The highest BCUT2D eigenvalue weighted by atomic mass is 16.4. The highest BCUT2D eigenvalue weighted by Gasteiger charge is 2.26. The molecule has 0 amide bonds. The number of rotatable bonds is 6. The van der Waals surface area contributed by atoms with E-state index < -0.39 is 5.97 Å².